The molecule has 0 saturated carbocycles. The quantitative estimate of drug-likeness (QED) is 0.340. The number of carbonyl (C=O) groups is 1. The van der Waals surface area contributed by atoms with Crippen LogP contribution in [0.25, 0.3) is 11.1 Å². The van der Waals surface area contributed by atoms with Crippen LogP contribution in [0.3, 0.4) is 0 Å². The molecule has 0 radical (unpaired) electrons. The zero-order valence-corrected chi connectivity index (χ0v) is 23.0. The molecule has 2 saturated heterocycles. The van der Waals surface area contributed by atoms with Gasteiger partial charge in [0.25, 0.3) is 0 Å². The number of carbonyl (C=O) groups excluding carboxylic acids is 1. The molecule has 1 aliphatic carbocycles. The normalized spacial score (nSPS) is 24.6. The van der Waals surface area contributed by atoms with E-state index in [2.05, 4.69) is 22.4 Å². The maximum atomic E-state index is 13.1. The van der Waals surface area contributed by atoms with Crippen LogP contribution < -0.4 is 11.0 Å². The lowest BCUT2D eigenvalue weighted by Crippen LogP contribution is -2.49. The summed E-state index contributed by atoms with van der Waals surface area (Å²) < 4.78 is 29.8. The Labute approximate surface area is 241 Å². The second-order valence-corrected chi connectivity index (χ2v) is 10.5. The van der Waals surface area contributed by atoms with Gasteiger partial charge in [-0.3, -0.25) is 9.88 Å². The van der Waals surface area contributed by atoms with E-state index in [1.54, 1.807) is 0 Å². The standard InChI is InChI=1S/C30H33N3O9/c1-38-30(11-14-39-15-12-30)42-26-25(35)23(16-34)41-27(26)33-13-10-24(31-28(33)36)32-29(37)40-17-22-20-8-4-2-6-18(20)19-7-3-5-9-21(19)22/h2-10,13,22-23,25-27,34-35H,11-12,14-17H2,1H3,(H,31,32,36,37)/t23-,25-,26-,27-/m1/s1. The van der Waals surface area contributed by atoms with Crippen molar-refractivity contribution in [3.8, 4) is 11.1 Å². The molecule has 3 aliphatic rings. The summed E-state index contributed by atoms with van der Waals surface area (Å²) in [7, 11) is 1.50. The molecule has 3 aromatic rings. The number of ether oxygens (including phenoxy) is 5. The summed E-state index contributed by atoms with van der Waals surface area (Å²) in [5.41, 5.74) is 3.64. The number of aromatic nitrogens is 2. The molecule has 1 amide bonds. The van der Waals surface area contributed by atoms with Crippen LogP contribution in [0.2, 0.25) is 0 Å². The van der Waals surface area contributed by atoms with Gasteiger partial charge >= 0.3 is 11.8 Å². The van der Waals surface area contributed by atoms with Crippen molar-refractivity contribution in [2.24, 2.45) is 0 Å². The van der Waals surface area contributed by atoms with Gasteiger partial charge in [-0.15, -0.1) is 0 Å². The van der Waals surface area contributed by atoms with Crippen molar-refractivity contribution in [2.45, 2.75) is 49.1 Å². The number of aliphatic hydroxyl groups excluding tert-OH is 2. The topological polar surface area (TPSA) is 151 Å². The van der Waals surface area contributed by atoms with Crippen molar-refractivity contribution >= 4 is 11.9 Å². The average Bonchev–Trinajstić information content (AvgIpc) is 3.50. The Bertz CT molecular complexity index is 1440. The van der Waals surface area contributed by atoms with Gasteiger partial charge in [-0.1, -0.05) is 48.5 Å². The molecule has 2 aliphatic heterocycles. The first-order chi connectivity index (χ1) is 20.4. The number of amides is 1. The highest BCUT2D eigenvalue weighted by molar-refractivity contribution is 5.83. The highest BCUT2D eigenvalue weighted by atomic mass is 16.7. The lowest BCUT2D eigenvalue weighted by Gasteiger charge is -2.39. The van der Waals surface area contributed by atoms with Crippen LogP contribution in [0.15, 0.2) is 65.6 Å². The summed E-state index contributed by atoms with van der Waals surface area (Å²) in [4.78, 5) is 29.7. The number of benzene rings is 2. The largest absolute Gasteiger partial charge is 0.448 e. The fourth-order valence-electron chi connectivity index (χ4n) is 5.94. The zero-order chi connectivity index (χ0) is 29.3. The number of hydrogen-bond donors (Lipinski definition) is 3. The molecule has 42 heavy (non-hydrogen) atoms. The summed E-state index contributed by atoms with van der Waals surface area (Å²) in [5, 5.41) is 23.1. The first kappa shape index (κ1) is 28.5. The van der Waals surface area contributed by atoms with Crippen LogP contribution in [0.5, 0.6) is 0 Å². The van der Waals surface area contributed by atoms with Crippen LogP contribution in [0.4, 0.5) is 10.6 Å². The molecule has 12 nitrogen and oxygen atoms in total. The second-order valence-electron chi connectivity index (χ2n) is 10.5. The van der Waals surface area contributed by atoms with E-state index in [4.69, 9.17) is 23.7 Å². The van der Waals surface area contributed by atoms with Gasteiger partial charge in [0, 0.05) is 32.1 Å². The third kappa shape index (κ3) is 5.33. The van der Waals surface area contributed by atoms with Gasteiger partial charge in [0.2, 0.25) is 0 Å². The maximum Gasteiger partial charge on any atom is 0.412 e. The molecule has 3 heterocycles. The number of rotatable bonds is 8. The highest BCUT2D eigenvalue weighted by Gasteiger charge is 2.50. The molecule has 2 fully saturated rings. The molecule has 0 bridgehead atoms. The molecule has 4 atom stereocenters. The van der Waals surface area contributed by atoms with E-state index in [1.165, 1.54) is 19.4 Å². The SMILES string of the molecule is COC1(O[C@@H]2[C@H](O)[C@@H](CO)O[C@H]2n2ccc(NC(=O)OCC3c4ccccc4-c4ccccc43)nc2=O)CCOCC1. The van der Waals surface area contributed by atoms with Gasteiger partial charge < -0.3 is 33.9 Å². The van der Waals surface area contributed by atoms with E-state index >= 15 is 0 Å². The second kappa shape index (κ2) is 11.9. The van der Waals surface area contributed by atoms with Gasteiger partial charge in [-0.25, -0.2) is 9.59 Å². The Balaban J connectivity index is 1.14. The van der Waals surface area contributed by atoms with Gasteiger partial charge in [-0.05, 0) is 28.3 Å². The van der Waals surface area contributed by atoms with Crippen molar-refractivity contribution in [3.05, 3.63) is 82.4 Å². The summed E-state index contributed by atoms with van der Waals surface area (Å²) in [5.74, 6) is -1.17. The van der Waals surface area contributed by atoms with Crippen molar-refractivity contribution in [2.75, 3.05) is 38.9 Å². The molecule has 1 aromatic heterocycles. The number of aliphatic hydroxyl groups is 2. The molecule has 12 heteroatoms. The Morgan fingerprint density at radius 3 is 2.38 bits per heavy atom. The minimum Gasteiger partial charge on any atom is -0.448 e. The molecule has 222 valence electrons. The number of methoxy groups -OCH3 is 1. The predicted octanol–water partition coefficient (Wildman–Crippen LogP) is 2.39. The number of anilines is 1. The Morgan fingerprint density at radius 1 is 1.10 bits per heavy atom. The average molecular weight is 580 g/mol. The fourth-order valence-corrected chi connectivity index (χ4v) is 5.94. The Kier molecular flexibility index (Phi) is 8.08. The summed E-state index contributed by atoms with van der Waals surface area (Å²) in [6.45, 7) is 0.440. The van der Waals surface area contributed by atoms with Crippen molar-refractivity contribution < 1.29 is 38.7 Å². The van der Waals surface area contributed by atoms with E-state index in [0.29, 0.717) is 26.1 Å². The molecule has 0 unspecified atom stereocenters. The monoisotopic (exact) mass is 579 g/mol. The van der Waals surface area contributed by atoms with Crippen LogP contribution in [0.1, 0.15) is 36.1 Å². The number of fused-ring (bicyclic) bond motifs is 3. The third-order valence-corrected chi connectivity index (χ3v) is 8.15. The molecule has 0 spiro atoms. The van der Waals surface area contributed by atoms with Gasteiger partial charge in [0.1, 0.15) is 30.7 Å². The summed E-state index contributed by atoms with van der Waals surface area (Å²) >= 11 is 0. The van der Waals surface area contributed by atoms with Crippen LogP contribution >= 0.6 is 0 Å². The smallest absolute Gasteiger partial charge is 0.412 e. The highest BCUT2D eigenvalue weighted by Crippen LogP contribution is 2.44. The number of nitrogens with one attached hydrogen (secondary N) is 1. The van der Waals surface area contributed by atoms with Crippen LogP contribution in [-0.2, 0) is 23.7 Å². The molecular formula is C30H33N3O9. The number of hydrogen-bond acceptors (Lipinski definition) is 10. The predicted molar refractivity (Wildman–Crippen MR) is 149 cm³/mol. The van der Waals surface area contributed by atoms with Crippen LogP contribution in [0, 0.1) is 0 Å². The van der Waals surface area contributed by atoms with E-state index in [1.807, 2.05) is 36.4 Å². The van der Waals surface area contributed by atoms with Gasteiger partial charge in [0.05, 0.1) is 19.8 Å². The van der Waals surface area contributed by atoms with Crippen LogP contribution in [-0.4, -0.2) is 83.5 Å². The molecule has 2 aromatic carbocycles. The van der Waals surface area contributed by atoms with Crippen molar-refractivity contribution in [1.29, 1.82) is 0 Å². The van der Waals surface area contributed by atoms with Gasteiger partial charge in [-0.2, -0.15) is 4.98 Å². The molecule has 6 rings (SSSR count). The van der Waals surface area contributed by atoms with E-state index in [-0.39, 0.29) is 18.3 Å². The van der Waals surface area contributed by atoms with Gasteiger partial charge in [0.15, 0.2) is 12.0 Å². The third-order valence-electron chi connectivity index (χ3n) is 8.15. The Morgan fingerprint density at radius 2 is 1.76 bits per heavy atom. The molecule has 3 N–H and O–H groups in total. The van der Waals surface area contributed by atoms with E-state index in [0.717, 1.165) is 26.8 Å². The zero-order valence-electron chi connectivity index (χ0n) is 23.0. The fraction of sp³-hybridized carbons (Fsp3) is 0.433. The number of nitrogens with zero attached hydrogens (tertiary/aromatic N) is 2. The lowest BCUT2D eigenvalue weighted by atomic mass is 9.98. The minimum absolute atomic E-state index is 0.0130. The first-order valence-electron chi connectivity index (χ1n) is 13.9. The first-order valence-corrected chi connectivity index (χ1v) is 13.9. The van der Waals surface area contributed by atoms with E-state index < -0.39 is 48.7 Å². The van der Waals surface area contributed by atoms with E-state index in [9.17, 15) is 19.8 Å². The van der Waals surface area contributed by atoms with Crippen molar-refractivity contribution in [1.82, 2.24) is 9.55 Å². The molecular weight excluding hydrogens is 546 g/mol. The summed E-state index contributed by atoms with van der Waals surface area (Å²) in [6, 6.07) is 17.5. The summed E-state index contributed by atoms with van der Waals surface area (Å²) in [6.07, 6.45) is -2.91. The maximum absolute atomic E-state index is 13.1. The van der Waals surface area contributed by atoms with Crippen molar-refractivity contribution in [3.63, 3.8) is 0 Å². The lowest BCUT2D eigenvalue weighted by molar-refractivity contribution is -0.293. The minimum atomic E-state index is -1.24. The Hall–Kier alpha value is -3.65.